The summed E-state index contributed by atoms with van der Waals surface area (Å²) >= 11 is 8.03. The zero-order valence-electron chi connectivity index (χ0n) is 22.1. The second-order valence-electron chi connectivity index (χ2n) is 9.83. The number of carbonyl (C=O) groups excluding carboxylic acids is 1. The van der Waals surface area contributed by atoms with Crippen LogP contribution in [0.2, 0.25) is 5.02 Å². The average Bonchev–Trinajstić information content (AvgIpc) is 3.34. The van der Waals surface area contributed by atoms with Crippen molar-refractivity contribution in [2.45, 2.75) is 32.7 Å². The largest absolute Gasteiger partial charge is 0.292 e. The zero-order valence-corrected chi connectivity index (χ0v) is 23.7. The third-order valence-electron chi connectivity index (χ3n) is 7.15. The number of anilines is 2. The predicted molar refractivity (Wildman–Crippen MR) is 163 cm³/mol. The lowest BCUT2D eigenvalue weighted by Crippen LogP contribution is -2.54. The number of nitrogens with zero attached hydrogens (tertiary/aromatic N) is 4. The van der Waals surface area contributed by atoms with E-state index in [2.05, 4.69) is 44.2 Å². The van der Waals surface area contributed by atoms with E-state index < -0.39 is 4.99 Å². The molecule has 4 aromatic rings. The van der Waals surface area contributed by atoms with Crippen molar-refractivity contribution < 1.29 is 4.79 Å². The molecule has 0 aromatic heterocycles. The fourth-order valence-corrected chi connectivity index (χ4v) is 6.60. The molecule has 1 atom stereocenters. The minimum Gasteiger partial charge on any atom is -0.292 e. The minimum absolute atomic E-state index is 0.101. The molecule has 4 aromatic carbocycles. The van der Waals surface area contributed by atoms with E-state index in [1.165, 1.54) is 11.8 Å². The summed E-state index contributed by atoms with van der Waals surface area (Å²) in [6, 6.07) is 30.6. The smallest absolute Gasteiger partial charge is 0.234 e. The van der Waals surface area contributed by atoms with Crippen molar-refractivity contribution in [3.63, 3.8) is 0 Å². The van der Waals surface area contributed by atoms with E-state index in [0.29, 0.717) is 10.1 Å². The number of fused-ring (bicyclic) bond motifs is 2. The van der Waals surface area contributed by atoms with Crippen molar-refractivity contribution in [1.82, 2.24) is 0 Å². The number of halogens is 1. The molecule has 0 amide bonds. The molecule has 0 radical (unpaired) electrons. The number of aryl methyl sites for hydroxylation is 2. The van der Waals surface area contributed by atoms with E-state index in [0.717, 1.165) is 50.5 Å². The van der Waals surface area contributed by atoms with Gasteiger partial charge in [-0.1, -0.05) is 77.8 Å². The number of hydrazone groups is 2. The lowest BCUT2D eigenvalue weighted by molar-refractivity contribution is -0.110. The SMILES string of the molecule is CC(=O)C1=NN(c2cccc(Cl)c2C)[C@]2(S1)c1ccccc1C(c1cc(C)ccc1C)=NN2c1ccccc1. The summed E-state index contributed by atoms with van der Waals surface area (Å²) in [7, 11) is 0. The summed E-state index contributed by atoms with van der Waals surface area (Å²) in [5.74, 6) is -0.101. The molecule has 0 fully saturated rings. The summed E-state index contributed by atoms with van der Waals surface area (Å²) in [5.41, 5.74) is 8.80. The fraction of sp³-hybridized carbons (Fsp3) is 0.156. The van der Waals surface area contributed by atoms with E-state index in [1.807, 2.05) is 77.6 Å². The third kappa shape index (κ3) is 4.06. The number of carbonyl (C=O) groups is 1. The Kier molecular flexibility index (Phi) is 6.32. The maximum absolute atomic E-state index is 12.9. The Morgan fingerprint density at radius 2 is 1.56 bits per heavy atom. The first-order chi connectivity index (χ1) is 18.8. The van der Waals surface area contributed by atoms with Crippen LogP contribution in [0.5, 0.6) is 0 Å². The first-order valence-electron chi connectivity index (χ1n) is 12.8. The van der Waals surface area contributed by atoms with Crippen molar-refractivity contribution in [1.29, 1.82) is 0 Å². The number of ketones is 1. The van der Waals surface area contributed by atoms with E-state index in [1.54, 1.807) is 6.92 Å². The lowest BCUT2D eigenvalue weighted by atomic mass is 9.90. The second kappa shape index (κ2) is 9.70. The highest BCUT2D eigenvalue weighted by molar-refractivity contribution is 8.17. The monoisotopic (exact) mass is 550 g/mol. The summed E-state index contributed by atoms with van der Waals surface area (Å²) in [6.45, 7) is 7.74. The molecular formula is C32H27ClN4OS. The molecule has 0 saturated heterocycles. The number of para-hydroxylation sites is 1. The molecule has 2 aliphatic rings. The molecular weight excluding hydrogens is 524 g/mol. The highest BCUT2D eigenvalue weighted by atomic mass is 35.5. The van der Waals surface area contributed by atoms with E-state index in [9.17, 15) is 4.79 Å². The molecule has 0 bridgehead atoms. The first kappa shape index (κ1) is 25.4. The van der Waals surface area contributed by atoms with Gasteiger partial charge < -0.3 is 0 Å². The van der Waals surface area contributed by atoms with Crippen LogP contribution < -0.4 is 10.0 Å². The van der Waals surface area contributed by atoms with Gasteiger partial charge in [-0.3, -0.25) is 4.79 Å². The Bertz CT molecular complexity index is 1680. The molecule has 39 heavy (non-hydrogen) atoms. The molecule has 0 aliphatic carbocycles. The fourth-order valence-electron chi connectivity index (χ4n) is 5.15. The maximum atomic E-state index is 12.9. The number of rotatable bonds is 4. The lowest BCUT2D eigenvalue weighted by Gasteiger charge is -2.47. The van der Waals surface area contributed by atoms with Gasteiger partial charge in [0.1, 0.15) is 0 Å². The molecule has 2 aliphatic heterocycles. The highest BCUT2D eigenvalue weighted by Gasteiger charge is 2.56. The third-order valence-corrected chi connectivity index (χ3v) is 8.98. The van der Waals surface area contributed by atoms with Gasteiger partial charge in [0.15, 0.2) is 10.8 Å². The van der Waals surface area contributed by atoms with Crippen LogP contribution in [0.3, 0.4) is 0 Å². The Balaban J connectivity index is 1.70. The van der Waals surface area contributed by atoms with Crippen molar-refractivity contribution >= 4 is 51.3 Å². The molecule has 0 unspecified atom stereocenters. The Morgan fingerprint density at radius 1 is 0.821 bits per heavy atom. The zero-order chi connectivity index (χ0) is 27.3. The number of thioether (sulfide) groups is 1. The van der Waals surface area contributed by atoms with Gasteiger partial charge in [0.2, 0.25) is 4.99 Å². The quantitative estimate of drug-likeness (QED) is 0.260. The van der Waals surface area contributed by atoms with Gasteiger partial charge in [-0.05, 0) is 74.0 Å². The van der Waals surface area contributed by atoms with Crippen LogP contribution in [0.4, 0.5) is 11.4 Å². The van der Waals surface area contributed by atoms with Crippen LogP contribution in [0.15, 0.2) is 101 Å². The van der Waals surface area contributed by atoms with E-state index >= 15 is 0 Å². The predicted octanol–water partition coefficient (Wildman–Crippen LogP) is 7.80. The van der Waals surface area contributed by atoms with Crippen LogP contribution in [-0.2, 0) is 9.79 Å². The average molecular weight is 551 g/mol. The Hall–Kier alpha value is -3.87. The molecule has 194 valence electrons. The van der Waals surface area contributed by atoms with Gasteiger partial charge in [0.25, 0.3) is 0 Å². The standard InChI is InChI=1S/C32H27ClN4OS/c1-20-17-18-21(2)26(19-20)30-25-13-8-9-14-27(25)32(36(34-30)24-11-6-5-7-12-24)37(35-31(39-32)23(4)38)29-16-10-15-28(33)22(29)3/h5-19H,1-4H3/t32-/m0/s1. The topological polar surface area (TPSA) is 48.3 Å². The Labute approximate surface area is 237 Å². The molecule has 5 nitrogen and oxygen atoms in total. The van der Waals surface area contributed by atoms with Crippen LogP contribution in [0.25, 0.3) is 0 Å². The molecule has 0 N–H and O–H groups in total. The summed E-state index contributed by atoms with van der Waals surface area (Å²) in [4.78, 5) is 11.9. The van der Waals surface area contributed by atoms with Crippen molar-refractivity contribution in [3.8, 4) is 0 Å². The van der Waals surface area contributed by atoms with Gasteiger partial charge >= 0.3 is 0 Å². The maximum Gasteiger partial charge on any atom is 0.234 e. The number of hydrogen-bond donors (Lipinski definition) is 0. The minimum atomic E-state index is -1.00. The Morgan fingerprint density at radius 3 is 2.33 bits per heavy atom. The second-order valence-corrected chi connectivity index (χ2v) is 11.4. The molecule has 6 rings (SSSR count). The number of benzene rings is 4. The van der Waals surface area contributed by atoms with Crippen molar-refractivity contribution in [2.75, 3.05) is 10.0 Å². The van der Waals surface area contributed by atoms with Crippen LogP contribution in [-0.4, -0.2) is 16.5 Å². The number of hydrogen-bond acceptors (Lipinski definition) is 6. The van der Waals surface area contributed by atoms with Gasteiger partial charge in [-0.25, -0.2) is 10.0 Å². The van der Waals surface area contributed by atoms with Gasteiger partial charge in [0.05, 0.1) is 17.1 Å². The molecule has 0 saturated carbocycles. The molecule has 2 heterocycles. The van der Waals surface area contributed by atoms with Gasteiger partial charge in [-0.2, -0.15) is 10.2 Å². The normalized spacial score (nSPS) is 18.2. The first-order valence-corrected chi connectivity index (χ1v) is 14.0. The summed E-state index contributed by atoms with van der Waals surface area (Å²) in [5, 5.41) is 15.3. The van der Waals surface area contributed by atoms with Crippen LogP contribution in [0, 0.1) is 20.8 Å². The van der Waals surface area contributed by atoms with Gasteiger partial charge in [0, 0.05) is 28.6 Å². The number of Topliss-reactive ketones (excluding diaryl/α,β-unsaturated/α-hetero) is 1. The van der Waals surface area contributed by atoms with E-state index in [-0.39, 0.29) is 5.78 Å². The van der Waals surface area contributed by atoms with Crippen molar-refractivity contribution in [3.05, 3.63) is 129 Å². The van der Waals surface area contributed by atoms with Crippen molar-refractivity contribution in [2.24, 2.45) is 10.2 Å². The highest BCUT2D eigenvalue weighted by Crippen LogP contribution is 2.55. The van der Waals surface area contributed by atoms with Gasteiger partial charge in [-0.15, -0.1) is 0 Å². The van der Waals surface area contributed by atoms with E-state index in [4.69, 9.17) is 21.8 Å². The summed E-state index contributed by atoms with van der Waals surface area (Å²) in [6.07, 6.45) is 0. The van der Waals surface area contributed by atoms with Crippen LogP contribution in [0.1, 0.15) is 40.3 Å². The molecule has 1 spiro atoms. The molecule has 7 heteroatoms. The van der Waals surface area contributed by atoms with Crippen LogP contribution >= 0.6 is 23.4 Å². The summed E-state index contributed by atoms with van der Waals surface area (Å²) < 4.78 is 0.